The summed E-state index contributed by atoms with van der Waals surface area (Å²) < 4.78 is 5.45. The summed E-state index contributed by atoms with van der Waals surface area (Å²) in [5.74, 6) is -0.234. The third-order valence-corrected chi connectivity index (χ3v) is 4.34. The first kappa shape index (κ1) is 15.5. The smallest absolute Gasteiger partial charge is 0.349 e. The van der Waals surface area contributed by atoms with Crippen molar-refractivity contribution in [3.63, 3.8) is 0 Å². The van der Waals surface area contributed by atoms with Crippen LogP contribution in [0.4, 0.5) is 0 Å². The van der Waals surface area contributed by atoms with Crippen LogP contribution in [0.5, 0.6) is 0 Å². The van der Waals surface area contributed by atoms with Crippen molar-refractivity contribution in [2.75, 3.05) is 33.2 Å². The number of allylic oxidation sites excluding steroid dienone is 1. The molecule has 1 saturated heterocycles. The molecule has 5 heteroatoms. The van der Waals surface area contributed by atoms with E-state index in [4.69, 9.17) is 4.42 Å². The van der Waals surface area contributed by atoms with Crippen LogP contribution < -0.4 is 10.5 Å². The predicted octanol–water partition coefficient (Wildman–Crippen LogP) is 0.492. The molecule has 0 unspecified atom stereocenters. The lowest BCUT2D eigenvalue weighted by molar-refractivity contribution is -0.883. The van der Waals surface area contributed by atoms with Gasteiger partial charge in [-0.05, 0) is 18.1 Å². The number of rotatable bonds is 3. The molecule has 3 rings (SSSR count). The summed E-state index contributed by atoms with van der Waals surface area (Å²) in [5.41, 5.74) is 0.992. The second-order valence-corrected chi connectivity index (χ2v) is 6.03. The first-order chi connectivity index (χ1) is 11.1. The Labute approximate surface area is 134 Å². The van der Waals surface area contributed by atoms with Crippen molar-refractivity contribution >= 4 is 16.9 Å². The van der Waals surface area contributed by atoms with Gasteiger partial charge in [0.2, 0.25) is 0 Å². The fourth-order valence-corrected chi connectivity index (χ4v) is 2.93. The Kier molecular flexibility index (Phi) is 4.30. The van der Waals surface area contributed by atoms with Crippen LogP contribution >= 0.6 is 0 Å². The highest BCUT2D eigenvalue weighted by molar-refractivity contribution is 5.97. The Hall–Kier alpha value is -2.40. The lowest BCUT2D eigenvalue weighted by atomic mass is 10.1. The van der Waals surface area contributed by atoms with Gasteiger partial charge in [0.25, 0.3) is 5.91 Å². The van der Waals surface area contributed by atoms with E-state index >= 15 is 0 Å². The lowest BCUT2D eigenvalue weighted by Gasteiger charge is -2.29. The molecule has 0 atom stereocenters. The van der Waals surface area contributed by atoms with Crippen molar-refractivity contribution in [3.05, 3.63) is 58.5 Å². The van der Waals surface area contributed by atoms with E-state index in [0.717, 1.165) is 24.0 Å². The van der Waals surface area contributed by atoms with E-state index in [9.17, 15) is 9.59 Å². The first-order valence-corrected chi connectivity index (χ1v) is 7.87. The topological polar surface area (TPSA) is 55.0 Å². The standard InChI is InChI=1S/C18H20N2O3/c1-3-5-13-6-4-7-14-12-15(18(22)23-16(13)14)17(21)20-10-8-19(2)9-11-20/h3-4,6-7,12H,1,5,8-11H2,2H3/p+1. The summed E-state index contributed by atoms with van der Waals surface area (Å²) in [6.07, 6.45) is 2.38. The largest absolute Gasteiger partial charge is 0.422 e. The van der Waals surface area contributed by atoms with Crippen molar-refractivity contribution in [3.8, 4) is 0 Å². The Bertz CT molecular complexity index is 802. The molecular formula is C18H21N2O3+. The highest BCUT2D eigenvalue weighted by atomic mass is 16.4. The maximum absolute atomic E-state index is 12.6. The van der Waals surface area contributed by atoms with E-state index in [0.29, 0.717) is 25.1 Å². The maximum Gasteiger partial charge on any atom is 0.349 e. The zero-order chi connectivity index (χ0) is 16.4. The SMILES string of the molecule is C=CCc1cccc2cc(C(=O)N3CC[NH+](C)CC3)c(=O)oc12. The van der Waals surface area contributed by atoms with Gasteiger partial charge < -0.3 is 14.2 Å². The number of para-hydroxylation sites is 1. The van der Waals surface area contributed by atoms with Crippen LogP contribution in [0.3, 0.4) is 0 Å². The molecule has 1 aromatic heterocycles. The highest BCUT2D eigenvalue weighted by Gasteiger charge is 2.25. The molecule has 0 bridgehead atoms. The number of piperazine rings is 1. The van der Waals surface area contributed by atoms with Gasteiger partial charge >= 0.3 is 5.63 Å². The molecule has 2 aromatic rings. The fourth-order valence-electron chi connectivity index (χ4n) is 2.93. The van der Waals surface area contributed by atoms with E-state index < -0.39 is 5.63 Å². The second kappa shape index (κ2) is 6.38. The van der Waals surface area contributed by atoms with Gasteiger partial charge in [-0.15, -0.1) is 6.58 Å². The number of hydrogen-bond donors (Lipinski definition) is 1. The Morgan fingerprint density at radius 3 is 2.83 bits per heavy atom. The number of benzene rings is 1. The summed E-state index contributed by atoms with van der Waals surface area (Å²) in [7, 11) is 2.10. The van der Waals surface area contributed by atoms with E-state index in [1.165, 1.54) is 4.90 Å². The van der Waals surface area contributed by atoms with Crippen LogP contribution in [0.25, 0.3) is 11.0 Å². The Morgan fingerprint density at radius 1 is 1.39 bits per heavy atom. The Morgan fingerprint density at radius 2 is 2.13 bits per heavy atom. The number of nitrogens with zero attached hydrogens (tertiary/aromatic N) is 1. The second-order valence-electron chi connectivity index (χ2n) is 6.03. The molecule has 1 aromatic carbocycles. The zero-order valence-electron chi connectivity index (χ0n) is 13.3. The molecule has 1 fully saturated rings. The van der Waals surface area contributed by atoms with Crippen LogP contribution in [0, 0.1) is 0 Å². The monoisotopic (exact) mass is 313 g/mol. The molecule has 0 radical (unpaired) electrons. The molecule has 1 aliphatic rings. The van der Waals surface area contributed by atoms with Crippen molar-refractivity contribution in [2.45, 2.75) is 6.42 Å². The van der Waals surface area contributed by atoms with Crippen LogP contribution in [-0.4, -0.2) is 44.0 Å². The third-order valence-electron chi connectivity index (χ3n) is 4.34. The van der Waals surface area contributed by atoms with Crippen LogP contribution in [0.1, 0.15) is 15.9 Å². The number of likely N-dealkylation sites (N-methyl/N-ethyl adjacent to an activating group) is 1. The molecule has 2 heterocycles. The number of fused-ring (bicyclic) bond motifs is 1. The van der Waals surface area contributed by atoms with Gasteiger partial charge in [0, 0.05) is 5.39 Å². The van der Waals surface area contributed by atoms with E-state index in [1.807, 2.05) is 18.2 Å². The summed E-state index contributed by atoms with van der Waals surface area (Å²) in [6, 6.07) is 7.31. The average Bonchev–Trinajstić information content (AvgIpc) is 2.55. The van der Waals surface area contributed by atoms with Crippen molar-refractivity contribution in [1.29, 1.82) is 0 Å². The van der Waals surface area contributed by atoms with Crippen LogP contribution in [-0.2, 0) is 6.42 Å². The summed E-state index contributed by atoms with van der Waals surface area (Å²) >= 11 is 0. The minimum Gasteiger partial charge on any atom is -0.422 e. The van der Waals surface area contributed by atoms with E-state index in [1.54, 1.807) is 17.0 Å². The third kappa shape index (κ3) is 3.05. The average molecular weight is 313 g/mol. The molecular weight excluding hydrogens is 292 g/mol. The van der Waals surface area contributed by atoms with Gasteiger partial charge in [0.05, 0.1) is 33.2 Å². The van der Waals surface area contributed by atoms with Crippen molar-refractivity contribution in [1.82, 2.24) is 4.90 Å². The normalized spacial score (nSPS) is 15.8. The first-order valence-electron chi connectivity index (χ1n) is 7.87. The summed E-state index contributed by atoms with van der Waals surface area (Å²) in [4.78, 5) is 28.0. The summed E-state index contributed by atoms with van der Waals surface area (Å²) in [6.45, 7) is 6.84. The molecule has 0 saturated carbocycles. The molecule has 1 amide bonds. The van der Waals surface area contributed by atoms with Crippen LogP contribution in [0.2, 0.25) is 0 Å². The van der Waals surface area contributed by atoms with Crippen LogP contribution in [0.15, 0.2) is 46.1 Å². The molecule has 0 spiro atoms. The highest BCUT2D eigenvalue weighted by Crippen LogP contribution is 2.19. The molecule has 120 valence electrons. The molecule has 1 aliphatic heterocycles. The quantitative estimate of drug-likeness (QED) is 0.663. The summed E-state index contributed by atoms with van der Waals surface area (Å²) in [5, 5.41) is 0.770. The van der Waals surface area contributed by atoms with Gasteiger partial charge in [-0.2, -0.15) is 0 Å². The Balaban J connectivity index is 1.98. The number of carbonyl (C=O) groups is 1. The number of amides is 1. The van der Waals surface area contributed by atoms with E-state index in [-0.39, 0.29) is 11.5 Å². The molecule has 0 aliphatic carbocycles. The van der Waals surface area contributed by atoms with Gasteiger partial charge in [-0.3, -0.25) is 4.79 Å². The fraction of sp³-hybridized carbons (Fsp3) is 0.333. The number of quaternary nitrogens is 1. The maximum atomic E-state index is 12.6. The number of nitrogens with one attached hydrogen (secondary N) is 1. The van der Waals surface area contributed by atoms with Gasteiger partial charge in [0.15, 0.2) is 0 Å². The molecule has 5 nitrogen and oxygen atoms in total. The van der Waals surface area contributed by atoms with Gasteiger partial charge in [-0.1, -0.05) is 24.3 Å². The predicted molar refractivity (Wildman–Crippen MR) is 88.9 cm³/mol. The lowest BCUT2D eigenvalue weighted by Crippen LogP contribution is -3.12. The number of hydrogen-bond acceptors (Lipinski definition) is 3. The molecule has 23 heavy (non-hydrogen) atoms. The molecule has 1 N–H and O–H groups in total. The van der Waals surface area contributed by atoms with E-state index in [2.05, 4.69) is 13.6 Å². The van der Waals surface area contributed by atoms with Gasteiger partial charge in [-0.25, -0.2) is 4.79 Å². The van der Waals surface area contributed by atoms with Crippen molar-refractivity contribution < 1.29 is 14.1 Å². The van der Waals surface area contributed by atoms with Gasteiger partial charge in [0.1, 0.15) is 11.1 Å². The zero-order valence-corrected chi connectivity index (χ0v) is 13.3. The number of carbonyl (C=O) groups excluding carboxylic acids is 1. The van der Waals surface area contributed by atoms with Crippen molar-refractivity contribution in [2.24, 2.45) is 0 Å². The minimum absolute atomic E-state index is 0.118. The minimum atomic E-state index is -0.565.